The van der Waals surface area contributed by atoms with E-state index in [1.165, 1.54) is 30.5 Å². The Bertz CT molecular complexity index is 236. The van der Waals surface area contributed by atoms with Crippen LogP contribution in [-0.4, -0.2) is 0 Å². The van der Waals surface area contributed by atoms with E-state index in [4.69, 9.17) is 0 Å². The van der Waals surface area contributed by atoms with Crippen LogP contribution in [0.4, 0.5) is 4.39 Å². The fraction of sp³-hybridized carbons (Fsp3) is 0.538. The van der Waals surface area contributed by atoms with E-state index >= 15 is 0 Å². The zero-order valence-corrected chi connectivity index (χ0v) is 8.39. The van der Waals surface area contributed by atoms with Crippen molar-refractivity contribution in [3.05, 3.63) is 35.6 Å². The molecule has 0 spiro atoms. The first-order chi connectivity index (χ1) is 6.18. The third-order valence-electron chi connectivity index (χ3n) is 2.16. The van der Waals surface area contributed by atoms with Gasteiger partial charge in [0.1, 0.15) is 5.82 Å². The van der Waals surface area contributed by atoms with Crippen molar-refractivity contribution in [3.8, 4) is 0 Å². The molecule has 1 aromatic rings. The van der Waals surface area contributed by atoms with Crippen LogP contribution < -0.4 is 0 Å². The van der Waals surface area contributed by atoms with E-state index in [1.54, 1.807) is 0 Å². The van der Waals surface area contributed by atoms with Crippen LogP contribution in [0, 0.1) is 11.7 Å². The highest BCUT2D eigenvalue weighted by Gasteiger charge is 1.96. The van der Waals surface area contributed by atoms with E-state index in [-0.39, 0.29) is 13.2 Å². The molecular weight excluding hydrogens is 175 g/mol. The SMILES string of the molecule is C.CC(C)CCCc1ccc(F)cc1. The van der Waals surface area contributed by atoms with Gasteiger partial charge in [-0.3, -0.25) is 0 Å². The first-order valence-electron chi connectivity index (χ1n) is 4.93. The second kappa shape index (κ2) is 6.58. The Morgan fingerprint density at radius 3 is 2.21 bits per heavy atom. The Hall–Kier alpha value is -0.850. The summed E-state index contributed by atoms with van der Waals surface area (Å²) in [5.74, 6) is 0.619. The predicted octanol–water partition coefficient (Wildman–Crippen LogP) is 4.44. The molecule has 0 fully saturated rings. The summed E-state index contributed by atoms with van der Waals surface area (Å²) in [5, 5.41) is 0. The van der Waals surface area contributed by atoms with Gasteiger partial charge in [-0.2, -0.15) is 0 Å². The lowest BCUT2D eigenvalue weighted by atomic mass is 10.0. The van der Waals surface area contributed by atoms with E-state index in [0.717, 1.165) is 12.3 Å². The fourth-order valence-electron chi connectivity index (χ4n) is 1.37. The number of halogens is 1. The molecular formula is C13H21F. The second-order valence-corrected chi connectivity index (χ2v) is 3.91. The zero-order chi connectivity index (χ0) is 9.68. The summed E-state index contributed by atoms with van der Waals surface area (Å²) in [5.41, 5.74) is 1.24. The Labute approximate surface area is 87.2 Å². The average Bonchev–Trinajstić information content (AvgIpc) is 2.08. The van der Waals surface area contributed by atoms with Crippen molar-refractivity contribution in [1.29, 1.82) is 0 Å². The third-order valence-corrected chi connectivity index (χ3v) is 2.16. The summed E-state index contributed by atoms with van der Waals surface area (Å²) >= 11 is 0. The summed E-state index contributed by atoms with van der Waals surface area (Å²) in [4.78, 5) is 0. The molecule has 80 valence electrons. The molecule has 0 heterocycles. The number of rotatable bonds is 4. The number of hydrogen-bond acceptors (Lipinski definition) is 0. The van der Waals surface area contributed by atoms with E-state index in [9.17, 15) is 4.39 Å². The van der Waals surface area contributed by atoms with Gasteiger partial charge in [-0.1, -0.05) is 39.8 Å². The zero-order valence-electron chi connectivity index (χ0n) is 8.39. The highest BCUT2D eigenvalue weighted by Crippen LogP contribution is 2.10. The standard InChI is InChI=1S/C12H17F.CH4/c1-10(2)4-3-5-11-6-8-12(13)9-7-11;/h6-10H,3-5H2,1-2H3;1H4. The number of hydrogen-bond donors (Lipinski definition) is 0. The molecule has 0 aliphatic carbocycles. The van der Waals surface area contributed by atoms with Gasteiger partial charge < -0.3 is 0 Å². The first kappa shape index (κ1) is 13.2. The Morgan fingerprint density at radius 2 is 1.71 bits per heavy atom. The molecule has 0 unspecified atom stereocenters. The van der Waals surface area contributed by atoms with Crippen LogP contribution in [0.1, 0.15) is 39.7 Å². The van der Waals surface area contributed by atoms with Crippen LogP contribution in [0.3, 0.4) is 0 Å². The van der Waals surface area contributed by atoms with Crippen LogP contribution in [0.15, 0.2) is 24.3 Å². The van der Waals surface area contributed by atoms with Crippen molar-refractivity contribution in [2.45, 2.75) is 40.5 Å². The van der Waals surface area contributed by atoms with Gasteiger partial charge in [0, 0.05) is 0 Å². The van der Waals surface area contributed by atoms with Gasteiger partial charge >= 0.3 is 0 Å². The summed E-state index contributed by atoms with van der Waals surface area (Å²) in [7, 11) is 0. The highest BCUT2D eigenvalue weighted by atomic mass is 19.1. The third kappa shape index (κ3) is 5.00. The van der Waals surface area contributed by atoms with E-state index in [2.05, 4.69) is 13.8 Å². The summed E-state index contributed by atoms with van der Waals surface area (Å²) in [6.07, 6.45) is 3.51. The summed E-state index contributed by atoms with van der Waals surface area (Å²) in [6.45, 7) is 4.45. The molecule has 0 nitrogen and oxygen atoms in total. The molecule has 0 saturated heterocycles. The minimum atomic E-state index is -0.146. The van der Waals surface area contributed by atoms with Crippen LogP contribution >= 0.6 is 0 Å². The maximum Gasteiger partial charge on any atom is 0.123 e. The maximum atomic E-state index is 12.5. The van der Waals surface area contributed by atoms with Crippen LogP contribution in [0.2, 0.25) is 0 Å². The Morgan fingerprint density at radius 1 is 1.14 bits per heavy atom. The Kier molecular flexibility index (Phi) is 6.18. The van der Waals surface area contributed by atoms with Gasteiger partial charge in [-0.25, -0.2) is 4.39 Å². The molecule has 1 aromatic carbocycles. The van der Waals surface area contributed by atoms with Crippen molar-refractivity contribution in [1.82, 2.24) is 0 Å². The second-order valence-electron chi connectivity index (χ2n) is 3.91. The van der Waals surface area contributed by atoms with Gasteiger partial charge in [-0.05, 0) is 36.5 Å². The molecule has 0 aliphatic heterocycles. The van der Waals surface area contributed by atoms with Gasteiger partial charge in [0.05, 0.1) is 0 Å². The van der Waals surface area contributed by atoms with Crippen molar-refractivity contribution in [3.63, 3.8) is 0 Å². The van der Waals surface area contributed by atoms with Gasteiger partial charge in [0.2, 0.25) is 0 Å². The average molecular weight is 196 g/mol. The maximum absolute atomic E-state index is 12.5. The lowest BCUT2D eigenvalue weighted by molar-refractivity contribution is 0.555. The molecule has 0 bridgehead atoms. The summed E-state index contributed by atoms with van der Waals surface area (Å²) < 4.78 is 12.5. The Balaban J connectivity index is 0.00000169. The van der Waals surface area contributed by atoms with E-state index < -0.39 is 0 Å². The topological polar surface area (TPSA) is 0 Å². The predicted molar refractivity (Wildman–Crippen MR) is 60.9 cm³/mol. The number of aryl methyl sites for hydroxylation is 1. The van der Waals surface area contributed by atoms with Crippen LogP contribution in [0.25, 0.3) is 0 Å². The molecule has 0 aliphatic rings. The van der Waals surface area contributed by atoms with Crippen molar-refractivity contribution in [2.24, 2.45) is 5.92 Å². The highest BCUT2D eigenvalue weighted by molar-refractivity contribution is 5.15. The van der Waals surface area contributed by atoms with Gasteiger partial charge in [0.25, 0.3) is 0 Å². The molecule has 1 heteroatoms. The smallest absolute Gasteiger partial charge is 0.123 e. The molecule has 14 heavy (non-hydrogen) atoms. The molecule has 0 radical (unpaired) electrons. The lowest BCUT2D eigenvalue weighted by Gasteiger charge is -2.04. The van der Waals surface area contributed by atoms with Crippen molar-refractivity contribution < 1.29 is 4.39 Å². The van der Waals surface area contributed by atoms with Crippen LogP contribution in [-0.2, 0) is 6.42 Å². The normalized spacial score (nSPS) is 10.0. The van der Waals surface area contributed by atoms with Crippen LogP contribution in [0.5, 0.6) is 0 Å². The minimum Gasteiger partial charge on any atom is -0.207 e. The van der Waals surface area contributed by atoms with E-state index in [1.807, 2.05) is 12.1 Å². The molecule has 0 saturated carbocycles. The van der Waals surface area contributed by atoms with Gasteiger partial charge in [0.15, 0.2) is 0 Å². The van der Waals surface area contributed by atoms with Crippen molar-refractivity contribution >= 4 is 0 Å². The molecule has 0 aromatic heterocycles. The number of benzene rings is 1. The van der Waals surface area contributed by atoms with E-state index in [0.29, 0.717) is 0 Å². The molecule has 0 N–H and O–H groups in total. The largest absolute Gasteiger partial charge is 0.207 e. The minimum absolute atomic E-state index is 0. The quantitative estimate of drug-likeness (QED) is 0.667. The monoisotopic (exact) mass is 196 g/mol. The molecule has 0 atom stereocenters. The van der Waals surface area contributed by atoms with Crippen molar-refractivity contribution in [2.75, 3.05) is 0 Å². The molecule has 1 rings (SSSR count). The van der Waals surface area contributed by atoms with Gasteiger partial charge in [-0.15, -0.1) is 0 Å². The lowest BCUT2D eigenvalue weighted by Crippen LogP contribution is -1.90. The fourth-order valence-corrected chi connectivity index (χ4v) is 1.37. The molecule has 0 amide bonds. The first-order valence-corrected chi connectivity index (χ1v) is 4.93. The summed E-state index contributed by atoms with van der Waals surface area (Å²) in [6, 6.07) is 6.81.